The van der Waals surface area contributed by atoms with Crippen LogP contribution >= 0.6 is 23.2 Å². The zero-order valence-corrected chi connectivity index (χ0v) is 24.6. The maximum Gasteiger partial charge on any atom is 0.237 e. The number of rotatable bonds is 11. The molecule has 2 heterocycles. The van der Waals surface area contributed by atoms with Crippen molar-refractivity contribution in [2.45, 2.75) is 32.0 Å². The lowest BCUT2D eigenvalue weighted by Gasteiger charge is -2.34. The van der Waals surface area contributed by atoms with Gasteiger partial charge in [0.15, 0.2) is 0 Å². The lowest BCUT2D eigenvalue weighted by atomic mass is 9.81. The molecule has 0 radical (unpaired) electrons. The first kappa shape index (κ1) is 29.2. The second-order valence-corrected chi connectivity index (χ2v) is 10.6. The molecule has 0 amide bonds. The summed E-state index contributed by atoms with van der Waals surface area (Å²) in [6, 6.07) is 11.8. The van der Waals surface area contributed by atoms with E-state index >= 15 is 0 Å². The van der Waals surface area contributed by atoms with Crippen LogP contribution in [0.15, 0.2) is 48.8 Å². The highest BCUT2D eigenvalue weighted by Gasteiger charge is 2.28. The van der Waals surface area contributed by atoms with Gasteiger partial charge in [-0.15, -0.1) is 0 Å². The molecule has 3 N–H and O–H groups in total. The zero-order valence-electron chi connectivity index (χ0n) is 23.1. The molecular weight excluding hydrogens is 563 g/mol. The first-order valence-electron chi connectivity index (χ1n) is 13.3. The molecule has 0 aliphatic heterocycles. The Balaban J connectivity index is 1.44. The molecule has 41 heavy (non-hydrogen) atoms. The highest BCUT2D eigenvalue weighted by molar-refractivity contribution is 6.39. The van der Waals surface area contributed by atoms with Crippen molar-refractivity contribution in [2.75, 3.05) is 27.9 Å². The minimum atomic E-state index is 0.234. The normalized spacial score (nSPS) is 16.3. The van der Waals surface area contributed by atoms with Gasteiger partial charge in [0, 0.05) is 48.0 Å². The molecule has 1 aliphatic carbocycles. The summed E-state index contributed by atoms with van der Waals surface area (Å²) in [5, 5.41) is 16.8. The third-order valence-corrected chi connectivity index (χ3v) is 8.06. The Labute approximate surface area is 249 Å². The second kappa shape index (κ2) is 13.1. The van der Waals surface area contributed by atoms with Crippen LogP contribution in [-0.4, -0.2) is 59.0 Å². The van der Waals surface area contributed by atoms with Gasteiger partial charge in [-0.25, -0.2) is 9.97 Å². The summed E-state index contributed by atoms with van der Waals surface area (Å²) in [7, 11) is 4.98. The average Bonchev–Trinajstić information content (AvgIpc) is 2.97. The van der Waals surface area contributed by atoms with Gasteiger partial charge in [-0.2, -0.15) is 0 Å². The quantitative estimate of drug-likeness (QED) is 0.216. The molecule has 214 valence electrons. The number of benzene rings is 2. The summed E-state index contributed by atoms with van der Waals surface area (Å²) in [6.45, 7) is 1.29. The third-order valence-electron chi connectivity index (χ3n) is 7.25. The zero-order chi connectivity index (χ0) is 28.9. The predicted molar refractivity (Wildman–Crippen MR) is 160 cm³/mol. The highest BCUT2D eigenvalue weighted by Crippen LogP contribution is 2.42. The number of hydrogen-bond donors (Lipinski definition) is 3. The Morgan fingerprint density at radius 3 is 1.76 bits per heavy atom. The topological polar surface area (TPSA) is 114 Å². The first-order valence-corrected chi connectivity index (χ1v) is 14.1. The molecular formula is C30H32Cl2N6O3. The maximum absolute atomic E-state index is 9.25. The Bertz CT molecular complexity index is 1530. The monoisotopic (exact) mass is 594 g/mol. The average molecular weight is 596 g/mol. The molecule has 9 nitrogen and oxygen atoms in total. The second-order valence-electron chi connectivity index (χ2n) is 9.88. The van der Waals surface area contributed by atoms with E-state index in [0.717, 1.165) is 24.0 Å². The van der Waals surface area contributed by atoms with Crippen LogP contribution in [-0.2, 0) is 13.1 Å². The number of hydrogen-bond acceptors (Lipinski definition) is 9. The summed E-state index contributed by atoms with van der Waals surface area (Å²) in [4.78, 5) is 18.5. The summed E-state index contributed by atoms with van der Waals surface area (Å²) < 4.78 is 11.0. The van der Waals surface area contributed by atoms with Crippen molar-refractivity contribution < 1.29 is 14.6 Å². The van der Waals surface area contributed by atoms with Gasteiger partial charge in [-0.3, -0.25) is 9.97 Å². The van der Waals surface area contributed by atoms with E-state index in [9.17, 15) is 5.11 Å². The lowest BCUT2D eigenvalue weighted by molar-refractivity contribution is 0.126. The van der Waals surface area contributed by atoms with Crippen molar-refractivity contribution in [2.24, 2.45) is 5.92 Å². The van der Waals surface area contributed by atoms with E-state index in [1.165, 1.54) is 0 Å². The standard InChI is InChI=1S/C30H32Cl2N6O3/c1-33-12-25-29(40-2)37-23(13-35-25)21-8-4-6-19(27(21)31)20-7-5-9-22(28(20)32)24-14-36-26(30(38-24)41-3)15-34-18-10-17(11-18)16-39/h4-9,13-14,17-18,33-34,39H,10-12,15-16H2,1-3H3. The fourth-order valence-electron chi connectivity index (χ4n) is 4.96. The maximum atomic E-state index is 9.25. The number of nitrogens with zero attached hydrogens (tertiary/aromatic N) is 4. The van der Waals surface area contributed by atoms with E-state index in [0.29, 0.717) is 80.8 Å². The van der Waals surface area contributed by atoms with Crippen LogP contribution in [0.25, 0.3) is 33.6 Å². The van der Waals surface area contributed by atoms with Crippen LogP contribution in [0.4, 0.5) is 0 Å². The molecule has 1 aliphatic rings. The van der Waals surface area contributed by atoms with E-state index in [1.807, 2.05) is 43.4 Å². The number of aliphatic hydroxyl groups is 1. The molecule has 0 unspecified atom stereocenters. The molecule has 0 atom stereocenters. The van der Waals surface area contributed by atoms with E-state index in [1.54, 1.807) is 26.6 Å². The molecule has 2 aromatic carbocycles. The van der Waals surface area contributed by atoms with Crippen molar-refractivity contribution in [1.82, 2.24) is 30.6 Å². The molecule has 0 spiro atoms. The fourth-order valence-corrected chi connectivity index (χ4v) is 5.61. The van der Waals surface area contributed by atoms with Crippen molar-refractivity contribution in [3.63, 3.8) is 0 Å². The van der Waals surface area contributed by atoms with Gasteiger partial charge in [-0.1, -0.05) is 59.6 Å². The number of aliphatic hydroxyl groups excluding tert-OH is 1. The van der Waals surface area contributed by atoms with Gasteiger partial charge in [0.1, 0.15) is 11.4 Å². The van der Waals surface area contributed by atoms with Gasteiger partial charge in [0.05, 0.1) is 48.0 Å². The molecule has 1 fully saturated rings. The van der Waals surface area contributed by atoms with Gasteiger partial charge in [0.2, 0.25) is 11.8 Å². The summed E-state index contributed by atoms with van der Waals surface area (Å²) in [6.07, 6.45) is 5.30. The smallest absolute Gasteiger partial charge is 0.237 e. The number of halogens is 2. The van der Waals surface area contributed by atoms with Crippen LogP contribution in [0.5, 0.6) is 11.8 Å². The van der Waals surface area contributed by atoms with Crippen molar-refractivity contribution in [1.29, 1.82) is 0 Å². The van der Waals surface area contributed by atoms with Gasteiger partial charge >= 0.3 is 0 Å². The molecule has 1 saturated carbocycles. The summed E-state index contributed by atoms with van der Waals surface area (Å²) in [5.74, 6) is 1.25. The highest BCUT2D eigenvalue weighted by atomic mass is 35.5. The summed E-state index contributed by atoms with van der Waals surface area (Å²) in [5.41, 5.74) is 5.51. The number of nitrogens with one attached hydrogen (secondary N) is 2. The lowest BCUT2D eigenvalue weighted by Crippen LogP contribution is -2.42. The molecule has 11 heteroatoms. The first-order chi connectivity index (χ1) is 20.0. The van der Waals surface area contributed by atoms with Crippen LogP contribution in [0.3, 0.4) is 0 Å². The van der Waals surface area contributed by atoms with E-state index in [2.05, 4.69) is 25.6 Å². The summed E-state index contributed by atoms with van der Waals surface area (Å²) >= 11 is 13.9. The van der Waals surface area contributed by atoms with Gasteiger partial charge in [-0.05, 0) is 25.8 Å². The van der Waals surface area contributed by atoms with E-state index in [4.69, 9.17) is 37.7 Å². The number of ether oxygens (including phenoxy) is 2. The van der Waals surface area contributed by atoms with E-state index in [-0.39, 0.29) is 6.61 Å². The van der Waals surface area contributed by atoms with Crippen LogP contribution in [0.2, 0.25) is 10.0 Å². The van der Waals surface area contributed by atoms with Crippen LogP contribution < -0.4 is 20.1 Å². The Kier molecular flexibility index (Phi) is 9.32. The van der Waals surface area contributed by atoms with Crippen molar-refractivity contribution in [3.8, 4) is 45.4 Å². The van der Waals surface area contributed by atoms with Crippen molar-refractivity contribution >= 4 is 23.2 Å². The molecule has 0 bridgehead atoms. The SMILES string of the molecule is CNCc1ncc(-c2cccc(-c3cccc(-c4cnc(CNC5CC(CO)C5)c(OC)n4)c3Cl)c2Cl)nc1OC. The predicted octanol–water partition coefficient (Wildman–Crippen LogP) is 5.17. The Hall–Kier alpha value is -3.34. The Morgan fingerprint density at radius 1 is 0.805 bits per heavy atom. The van der Waals surface area contributed by atoms with Gasteiger partial charge < -0.3 is 25.2 Å². The molecule has 5 rings (SSSR count). The largest absolute Gasteiger partial charge is 0.480 e. The third kappa shape index (κ3) is 6.14. The molecule has 2 aromatic heterocycles. The number of methoxy groups -OCH3 is 2. The minimum absolute atomic E-state index is 0.234. The van der Waals surface area contributed by atoms with E-state index < -0.39 is 0 Å². The van der Waals surface area contributed by atoms with Crippen LogP contribution in [0.1, 0.15) is 24.2 Å². The Morgan fingerprint density at radius 2 is 1.29 bits per heavy atom. The number of aromatic nitrogens is 4. The fraction of sp³-hybridized carbons (Fsp3) is 0.333. The minimum Gasteiger partial charge on any atom is -0.480 e. The van der Waals surface area contributed by atoms with Crippen LogP contribution in [0, 0.1) is 5.92 Å². The molecule has 0 saturated heterocycles. The van der Waals surface area contributed by atoms with Gasteiger partial charge in [0.25, 0.3) is 0 Å². The van der Waals surface area contributed by atoms with Crippen molar-refractivity contribution in [3.05, 3.63) is 70.2 Å². The molecule has 4 aromatic rings.